The number of hydrogen-bond donors (Lipinski definition) is 0. The Balaban J connectivity index is 1.77. The molecule has 0 amide bonds. The highest BCUT2D eigenvalue weighted by atomic mass is 16.6. The summed E-state index contributed by atoms with van der Waals surface area (Å²) >= 11 is 0. The highest BCUT2D eigenvalue weighted by Gasteiger charge is 2.47. The summed E-state index contributed by atoms with van der Waals surface area (Å²) in [5.41, 5.74) is 0. The molecule has 2 saturated carbocycles. The van der Waals surface area contributed by atoms with Gasteiger partial charge in [0.1, 0.15) is 0 Å². The van der Waals surface area contributed by atoms with E-state index in [1.54, 1.807) is 0 Å². The van der Waals surface area contributed by atoms with Crippen LogP contribution in [0.2, 0.25) is 0 Å². The van der Waals surface area contributed by atoms with Crippen molar-refractivity contribution in [2.45, 2.75) is 31.8 Å². The molecule has 56 valence electrons. The molecule has 0 aromatic rings. The first-order valence-electron chi connectivity index (χ1n) is 4.55. The lowest BCUT2D eigenvalue weighted by Crippen LogP contribution is -2.15. The fraction of sp³-hybridized carbons (Fsp3) is 1.00. The molecule has 0 N–H and O–H groups in total. The molecular formula is C9H14O. The van der Waals surface area contributed by atoms with Crippen LogP contribution in [0.5, 0.6) is 0 Å². The van der Waals surface area contributed by atoms with E-state index in [0.717, 1.165) is 24.4 Å². The van der Waals surface area contributed by atoms with Crippen molar-refractivity contribution in [3.63, 3.8) is 0 Å². The second-order valence-corrected chi connectivity index (χ2v) is 4.21. The van der Waals surface area contributed by atoms with Gasteiger partial charge in [0.2, 0.25) is 0 Å². The molecule has 1 unspecified atom stereocenters. The van der Waals surface area contributed by atoms with Gasteiger partial charge in [0.05, 0.1) is 12.7 Å². The average molecular weight is 138 g/mol. The van der Waals surface area contributed by atoms with Gasteiger partial charge in [0, 0.05) is 0 Å². The van der Waals surface area contributed by atoms with Gasteiger partial charge < -0.3 is 4.74 Å². The zero-order valence-corrected chi connectivity index (χ0v) is 6.25. The predicted molar refractivity (Wildman–Crippen MR) is 38.7 cm³/mol. The second kappa shape index (κ2) is 1.76. The Morgan fingerprint density at radius 2 is 2.00 bits per heavy atom. The molecule has 0 spiro atoms. The summed E-state index contributed by atoms with van der Waals surface area (Å²) in [6.07, 6.45) is 6.76. The molecule has 4 atom stereocenters. The predicted octanol–water partition coefficient (Wildman–Crippen LogP) is 1.82. The van der Waals surface area contributed by atoms with Crippen LogP contribution in [0.15, 0.2) is 0 Å². The second-order valence-electron chi connectivity index (χ2n) is 4.21. The molecule has 0 aromatic carbocycles. The maximum Gasteiger partial charge on any atom is 0.0840 e. The SMILES string of the molecule is C1C[C@H]2C[C@@H]1CC2[C@@H]1CO1. The van der Waals surface area contributed by atoms with E-state index in [9.17, 15) is 0 Å². The Hall–Kier alpha value is -0.0400. The van der Waals surface area contributed by atoms with Crippen molar-refractivity contribution in [2.75, 3.05) is 6.61 Å². The number of epoxide rings is 1. The van der Waals surface area contributed by atoms with E-state index in [-0.39, 0.29) is 0 Å². The summed E-state index contributed by atoms with van der Waals surface area (Å²) in [6, 6.07) is 0. The molecule has 1 saturated heterocycles. The number of fused-ring (bicyclic) bond motifs is 2. The maximum atomic E-state index is 5.35. The number of ether oxygens (including phenoxy) is 1. The molecule has 1 heterocycles. The van der Waals surface area contributed by atoms with Gasteiger partial charge in [-0.05, 0) is 37.0 Å². The van der Waals surface area contributed by atoms with Crippen molar-refractivity contribution >= 4 is 0 Å². The van der Waals surface area contributed by atoms with E-state index in [1.807, 2.05) is 0 Å². The van der Waals surface area contributed by atoms with Crippen LogP contribution in [0.1, 0.15) is 25.7 Å². The van der Waals surface area contributed by atoms with E-state index < -0.39 is 0 Å². The molecule has 10 heavy (non-hydrogen) atoms. The lowest BCUT2D eigenvalue weighted by atomic mass is 9.87. The van der Waals surface area contributed by atoms with Gasteiger partial charge in [-0.25, -0.2) is 0 Å². The Morgan fingerprint density at radius 3 is 2.50 bits per heavy atom. The Morgan fingerprint density at radius 1 is 1.10 bits per heavy atom. The van der Waals surface area contributed by atoms with Crippen LogP contribution in [-0.2, 0) is 4.74 Å². The van der Waals surface area contributed by atoms with Crippen LogP contribution in [0.3, 0.4) is 0 Å². The molecule has 1 heteroatoms. The van der Waals surface area contributed by atoms with Gasteiger partial charge in [-0.1, -0.05) is 6.42 Å². The monoisotopic (exact) mass is 138 g/mol. The van der Waals surface area contributed by atoms with Crippen molar-refractivity contribution < 1.29 is 4.74 Å². The topological polar surface area (TPSA) is 12.5 Å². The molecular weight excluding hydrogens is 124 g/mol. The van der Waals surface area contributed by atoms with Crippen LogP contribution in [-0.4, -0.2) is 12.7 Å². The molecule has 3 fully saturated rings. The van der Waals surface area contributed by atoms with Crippen LogP contribution in [0.4, 0.5) is 0 Å². The lowest BCUT2D eigenvalue weighted by molar-refractivity contribution is 0.249. The summed E-state index contributed by atoms with van der Waals surface area (Å²) in [6.45, 7) is 1.08. The first-order valence-corrected chi connectivity index (χ1v) is 4.55. The third-order valence-corrected chi connectivity index (χ3v) is 3.63. The fourth-order valence-electron chi connectivity index (χ4n) is 3.05. The number of hydrogen-bond acceptors (Lipinski definition) is 1. The minimum atomic E-state index is 0.704. The van der Waals surface area contributed by atoms with E-state index in [2.05, 4.69) is 0 Å². The van der Waals surface area contributed by atoms with Gasteiger partial charge in [0.15, 0.2) is 0 Å². The largest absolute Gasteiger partial charge is 0.373 e. The summed E-state index contributed by atoms with van der Waals surface area (Å²) < 4.78 is 5.35. The van der Waals surface area contributed by atoms with Crippen LogP contribution in [0, 0.1) is 17.8 Å². The van der Waals surface area contributed by atoms with Crippen LogP contribution < -0.4 is 0 Å². The van der Waals surface area contributed by atoms with E-state index in [1.165, 1.54) is 25.7 Å². The molecule has 1 aliphatic heterocycles. The summed E-state index contributed by atoms with van der Waals surface area (Å²) in [7, 11) is 0. The zero-order valence-electron chi connectivity index (χ0n) is 6.25. The molecule has 0 radical (unpaired) electrons. The molecule has 2 aliphatic carbocycles. The minimum absolute atomic E-state index is 0.704. The maximum absolute atomic E-state index is 5.35. The van der Waals surface area contributed by atoms with Gasteiger partial charge in [-0.2, -0.15) is 0 Å². The van der Waals surface area contributed by atoms with Crippen molar-refractivity contribution in [3.8, 4) is 0 Å². The van der Waals surface area contributed by atoms with Crippen molar-refractivity contribution in [3.05, 3.63) is 0 Å². The van der Waals surface area contributed by atoms with E-state index in [0.29, 0.717) is 6.10 Å². The molecule has 1 nitrogen and oxygen atoms in total. The average Bonchev–Trinajstić information content (AvgIpc) is 2.60. The Kier molecular flexibility index (Phi) is 0.984. The fourth-order valence-corrected chi connectivity index (χ4v) is 3.05. The standard InChI is InChI=1S/C9H14O/c1-2-7-3-6(1)4-8(7)9-5-10-9/h6-9H,1-5H2/t6-,7+,8?,9+/m1/s1. The highest BCUT2D eigenvalue weighted by Crippen LogP contribution is 2.51. The quantitative estimate of drug-likeness (QED) is 0.503. The Labute approximate surface area is 61.8 Å². The zero-order chi connectivity index (χ0) is 6.55. The first kappa shape index (κ1) is 5.59. The third kappa shape index (κ3) is 0.672. The van der Waals surface area contributed by atoms with E-state index in [4.69, 9.17) is 4.74 Å². The van der Waals surface area contributed by atoms with Crippen molar-refractivity contribution in [1.82, 2.24) is 0 Å². The summed E-state index contributed by atoms with van der Waals surface area (Å²) in [4.78, 5) is 0. The first-order chi connectivity index (χ1) is 4.93. The molecule has 0 aromatic heterocycles. The van der Waals surface area contributed by atoms with Gasteiger partial charge in [-0.3, -0.25) is 0 Å². The smallest absolute Gasteiger partial charge is 0.0840 e. The van der Waals surface area contributed by atoms with Gasteiger partial charge in [0.25, 0.3) is 0 Å². The molecule has 2 bridgehead atoms. The van der Waals surface area contributed by atoms with Gasteiger partial charge in [-0.15, -0.1) is 0 Å². The normalized spacial score (nSPS) is 57.6. The minimum Gasteiger partial charge on any atom is -0.373 e. The third-order valence-electron chi connectivity index (χ3n) is 3.63. The lowest BCUT2D eigenvalue weighted by Gasteiger charge is -2.18. The highest BCUT2D eigenvalue weighted by molar-refractivity contribution is 4.96. The molecule has 3 aliphatic rings. The van der Waals surface area contributed by atoms with Crippen LogP contribution in [0.25, 0.3) is 0 Å². The van der Waals surface area contributed by atoms with E-state index >= 15 is 0 Å². The summed E-state index contributed by atoms with van der Waals surface area (Å²) in [5.74, 6) is 3.15. The van der Waals surface area contributed by atoms with Crippen LogP contribution >= 0.6 is 0 Å². The number of rotatable bonds is 1. The Bertz CT molecular complexity index is 151. The van der Waals surface area contributed by atoms with Crippen molar-refractivity contribution in [2.24, 2.45) is 17.8 Å². The molecule has 3 rings (SSSR count). The summed E-state index contributed by atoms with van der Waals surface area (Å²) in [5, 5.41) is 0. The van der Waals surface area contributed by atoms with Crippen molar-refractivity contribution in [1.29, 1.82) is 0 Å². The van der Waals surface area contributed by atoms with Gasteiger partial charge >= 0.3 is 0 Å².